The van der Waals surface area contributed by atoms with Crippen LogP contribution in [0.5, 0.6) is 5.75 Å². The van der Waals surface area contributed by atoms with Gasteiger partial charge in [0, 0.05) is 5.56 Å². The fourth-order valence-electron chi connectivity index (χ4n) is 1.80. The number of benzene rings is 1. The van der Waals surface area contributed by atoms with Crippen LogP contribution in [0.3, 0.4) is 0 Å². The highest BCUT2D eigenvalue weighted by Crippen LogP contribution is 2.21. The lowest BCUT2D eigenvalue weighted by atomic mass is 10.2. The number of nitrogens with two attached hydrogens (primary N) is 1. The quantitative estimate of drug-likeness (QED) is 0.744. The van der Waals surface area contributed by atoms with Crippen LogP contribution in [0.4, 0.5) is 5.82 Å². The van der Waals surface area contributed by atoms with Crippen LogP contribution in [0.1, 0.15) is 0 Å². The molecular weight excluding hydrogens is 228 g/mol. The van der Waals surface area contributed by atoms with Gasteiger partial charge in [0.05, 0.1) is 19.0 Å². The van der Waals surface area contributed by atoms with Gasteiger partial charge in [-0.2, -0.15) is 0 Å². The van der Waals surface area contributed by atoms with Crippen molar-refractivity contribution in [3.63, 3.8) is 0 Å². The van der Waals surface area contributed by atoms with Gasteiger partial charge in [-0.15, -0.1) is 5.10 Å². The lowest BCUT2D eigenvalue weighted by Gasteiger charge is -1.99. The molecule has 0 radical (unpaired) electrons. The molecule has 3 aromatic rings. The molecule has 0 aliphatic heterocycles. The molecular formula is C13H12N4O. The highest BCUT2D eigenvalue weighted by molar-refractivity contribution is 5.63. The number of nitrogen functional groups attached to an aromatic ring is 1. The third-order valence-electron chi connectivity index (χ3n) is 2.73. The van der Waals surface area contributed by atoms with Crippen LogP contribution in [-0.2, 0) is 0 Å². The molecule has 5 nitrogen and oxygen atoms in total. The monoisotopic (exact) mass is 240 g/mol. The van der Waals surface area contributed by atoms with Crippen molar-refractivity contribution in [1.82, 2.24) is 14.6 Å². The molecule has 0 amide bonds. The Kier molecular flexibility index (Phi) is 2.37. The first-order chi connectivity index (χ1) is 8.76. The fourth-order valence-corrected chi connectivity index (χ4v) is 1.80. The smallest absolute Gasteiger partial charge is 0.154 e. The van der Waals surface area contributed by atoms with E-state index in [2.05, 4.69) is 10.1 Å². The third kappa shape index (κ3) is 1.75. The van der Waals surface area contributed by atoms with Gasteiger partial charge in [0.2, 0.25) is 0 Å². The number of aromatic nitrogens is 3. The number of hydrogen-bond donors (Lipinski definition) is 1. The van der Waals surface area contributed by atoms with Gasteiger partial charge >= 0.3 is 0 Å². The second-order valence-electron chi connectivity index (χ2n) is 3.92. The lowest BCUT2D eigenvalue weighted by Crippen LogP contribution is -1.95. The lowest BCUT2D eigenvalue weighted by molar-refractivity contribution is 0.415. The largest absolute Gasteiger partial charge is 0.497 e. The number of hydrogen-bond acceptors (Lipinski definition) is 4. The molecule has 3 rings (SSSR count). The summed E-state index contributed by atoms with van der Waals surface area (Å²) >= 11 is 0. The number of rotatable bonds is 2. The average molecular weight is 240 g/mol. The first kappa shape index (κ1) is 10.6. The van der Waals surface area contributed by atoms with Crippen LogP contribution in [0.25, 0.3) is 16.9 Å². The summed E-state index contributed by atoms with van der Waals surface area (Å²) in [6.07, 6.45) is 1.85. The Labute approximate surface area is 104 Å². The molecule has 5 heteroatoms. The van der Waals surface area contributed by atoms with Crippen molar-refractivity contribution in [2.75, 3.05) is 12.8 Å². The maximum atomic E-state index is 5.63. The van der Waals surface area contributed by atoms with E-state index < -0.39 is 0 Å². The summed E-state index contributed by atoms with van der Waals surface area (Å²) in [5, 5.41) is 4.16. The maximum Gasteiger partial charge on any atom is 0.154 e. The maximum absolute atomic E-state index is 5.63. The normalized spacial score (nSPS) is 10.7. The van der Waals surface area contributed by atoms with Crippen LogP contribution in [0, 0.1) is 0 Å². The summed E-state index contributed by atoms with van der Waals surface area (Å²) in [5.41, 5.74) is 8.28. The predicted molar refractivity (Wildman–Crippen MR) is 69.4 cm³/mol. The Bertz CT molecular complexity index is 688. The molecule has 0 aliphatic rings. The Balaban J connectivity index is 2.07. The fraction of sp³-hybridized carbons (Fsp3) is 0.0769. The van der Waals surface area contributed by atoms with Gasteiger partial charge in [-0.05, 0) is 36.4 Å². The van der Waals surface area contributed by atoms with E-state index in [0.717, 1.165) is 22.7 Å². The summed E-state index contributed by atoms with van der Waals surface area (Å²) in [6, 6.07) is 11.3. The van der Waals surface area contributed by atoms with Gasteiger partial charge in [0.15, 0.2) is 5.65 Å². The molecule has 0 bridgehead atoms. The van der Waals surface area contributed by atoms with Crippen molar-refractivity contribution >= 4 is 11.5 Å². The SMILES string of the molecule is COc1ccc(-c2cn3nc(N)ccc3n2)cc1. The van der Waals surface area contributed by atoms with Crippen LogP contribution < -0.4 is 10.5 Å². The van der Waals surface area contributed by atoms with E-state index in [0.29, 0.717) is 5.82 Å². The van der Waals surface area contributed by atoms with E-state index in [-0.39, 0.29) is 0 Å². The van der Waals surface area contributed by atoms with E-state index in [1.54, 1.807) is 17.7 Å². The molecule has 2 aromatic heterocycles. The predicted octanol–water partition coefficient (Wildman–Crippen LogP) is 1.99. The van der Waals surface area contributed by atoms with E-state index in [1.807, 2.05) is 36.5 Å². The number of methoxy groups -OCH3 is 1. The number of ether oxygens (including phenoxy) is 1. The Morgan fingerprint density at radius 3 is 2.61 bits per heavy atom. The molecule has 0 atom stereocenters. The van der Waals surface area contributed by atoms with Crippen molar-refractivity contribution < 1.29 is 4.74 Å². The zero-order valence-electron chi connectivity index (χ0n) is 9.87. The average Bonchev–Trinajstić information content (AvgIpc) is 2.81. The van der Waals surface area contributed by atoms with Crippen molar-refractivity contribution in [2.45, 2.75) is 0 Å². The topological polar surface area (TPSA) is 65.4 Å². The molecule has 2 heterocycles. The van der Waals surface area contributed by atoms with Crippen LogP contribution in [0.15, 0.2) is 42.6 Å². The number of fused-ring (bicyclic) bond motifs is 1. The van der Waals surface area contributed by atoms with Gasteiger partial charge < -0.3 is 10.5 Å². The van der Waals surface area contributed by atoms with Gasteiger partial charge in [-0.25, -0.2) is 9.50 Å². The highest BCUT2D eigenvalue weighted by Gasteiger charge is 2.05. The molecule has 0 saturated carbocycles. The minimum Gasteiger partial charge on any atom is -0.497 e. The summed E-state index contributed by atoms with van der Waals surface area (Å²) in [6.45, 7) is 0. The summed E-state index contributed by atoms with van der Waals surface area (Å²) in [5.74, 6) is 1.30. The Hall–Kier alpha value is -2.56. The number of nitrogens with zero attached hydrogens (tertiary/aromatic N) is 3. The minimum absolute atomic E-state index is 0.473. The first-order valence-electron chi connectivity index (χ1n) is 5.52. The minimum atomic E-state index is 0.473. The van der Waals surface area contributed by atoms with Gasteiger partial charge in [-0.3, -0.25) is 0 Å². The van der Waals surface area contributed by atoms with Crippen molar-refractivity contribution in [3.8, 4) is 17.0 Å². The van der Waals surface area contributed by atoms with Crippen molar-refractivity contribution in [2.24, 2.45) is 0 Å². The second-order valence-corrected chi connectivity index (χ2v) is 3.92. The van der Waals surface area contributed by atoms with Gasteiger partial charge in [0.1, 0.15) is 11.6 Å². The molecule has 0 unspecified atom stereocenters. The number of imidazole rings is 1. The van der Waals surface area contributed by atoms with Crippen LogP contribution in [-0.4, -0.2) is 21.7 Å². The second kappa shape index (κ2) is 4.03. The van der Waals surface area contributed by atoms with E-state index in [9.17, 15) is 0 Å². The van der Waals surface area contributed by atoms with E-state index in [4.69, 9.17) is 10.5 Å². The zero-order chi connectivity index (χ0) is 12.5. The molecule has 90 valence electrons. The first-order valence-corrected chi connectivity index (χ1v) is 5.52. The molecule has 0 aliphatic carbocycles. The molecule has 2 N–H and O–H groups in total. The van der Waals surface area contributed by atoms with Gasteiger partial charge in [-0.1, -0.05) is 0 Å². The van der Waals surface area contributed by atoms with Crippen molar-refractivity contribution in [1.29, 1.82) is 0 Å². The van der Waals surface area contributed by atoms with Crippen LogP contribution in [0.2, 0.25) is 0 Å². The van der Waals surface area contributed by atoms with Crippen molar-refractivity contribution in [3.05, 3.63) is 42.6 Å². The van der Waals surface area contributed by atoms with Crippen LogP contribution >= 0.6 is 0 Å². The Morgan fingerprint density at radius 2 is 1.89 bits per heavy atom. The molecule has 0 saturated heterocycles. The summed E-state index contributed by atoms with van der Waals surface area (Å²) in [4.78, 5) is 4.48. The third-order valence-corrected chi connectivity index (χ3v) is 2.73. The number of anilines is 1. The molecule has 0 fully saturated rings. The van der Waals surface area contributed by atoms with Gasteiger partial charge in [0.25, 0.3) is 0 Å². The zero-order valence-corrected chi connectivity index (χ0v) is 9.87. The standard InChI is InChI=1S/C13H12N4O/c1-18-10-4-2-9(3-5-10)11-8-17-13(15-11)7-6-12(14)16-17/h2-8H,1H3,(H2,14,16). The molecule has 0 spiro atoms. The Morgan fingerprint density at radius 1 is 1.11 bits per heavy atom. The highest BCUT2D eigenvalue weighted by atomic mass is 16.5. The molecule has 18 heavy (non-hydrogen) atoms. The summed E-state index contributed by atoms with van der Waals surface area (Å²) in [7, 11) is 1.65. The summed E-state index contributed by atoms with van der Waals surface area (Å²) < 4.78 is 6.80. The van der Waals surface area contributed by atoms with E-state index >= 15 is 0 Å². The molecule has 1 aromatic carbocycles. The van der Waals surface area contributed by atoms with E-state index in [1.165, 1.54) is 0 Å².